The summed E-state index contributed by atoms with van der Waals surface area (Å²) in [6, 6.07) is 21.3. The SMILES string of the molecule is CC1=C(O)C=CC(C)(C(c2ccccc2)c2ccccc2)C1. The Balaban J connectivity index is 2.10. The van der Waals surface area contributed by atoms with E-state index in [1.54, 1.807) is 0 Å². The molecule has 1 aliphatic carbocycles. The summed E-state index contributed by atoms with van der Waals surface area (Å²) in [5.74, 6) is 0.687. The summed E-state index contributed by atoms with van der Waals surface area (Å²) in [6.07, 6.45) is 4.89. The summed E-state index contributed by atoms with van der Waals surface area (Å²) in [5.41, 5.74) is 3.64. The molecule has 112 valence electrons. The summed E-state index contributed by atoms with van der Waals surface area (Å²) < 4.78 is 0. The largest absolute Gasteiger partial charge is 0.508 e. The minimum absolute atomic E-state index is 0.0426. The van der Waals surface area contributed by atoms with Crippen molar-refractivity contribution in [2.75, 3.05) is 0 Å². The van der Waals surface area contributed by atoms with Crippen LogP contribution < -0.4 is 0 Å². The molecule has 0 radical (unpaired) electrons. The molecule has 0 fully saturated rings. The van der Waals surface area contributed by atoms with E-state index in [2.05, 4.69) is 73.7 Å². The molecule has 1 heteroatoms. The Morgan fingerprint density at radius 1 is 0.909 bits per heavy atom. The Kier molecular flexibility index (Phi) is 3.89. The smallest absolute Gasteiger partial charge is 0.114 e. The second-order valence-corrected chi connectivity index (χ2v) is 6.44. The Hall–Kier alpha value is -2.28. The van der Waals surface area contributed by atoms with Gasteiger partial charge in [0.2, 0.25) is 0 Å². The van der Waals surface area contributed by atoms with E-state index < -0.39 is 0 Å². The molecule has 0 saturated carbocycles. The Labute approximate surface area is 132 Å². The van der Waals surface area contributed by atoms with E-state index in [-0.39, 0.29) is 11.3 Å². The van der Waals surface area contributed by atoms with E-state index in [1.165, 1.54) is 11.1 Å². The maximum absolute atomic E-state index is 9.93. The number of aliphatic hydroxyl groups is 1. The minimum atomic E-state index is -0.0426. The van der Waals surface area contributed by atoms with Gasteiger partial charge in [-0.3, -0.25) is 0 Å². The highest BCUT2D eigenvalue weighted by Gasteiger charge is 2.36. The summed E-state index contributed by atoms with van der Waals surface area (Å²) in [7, 11) is 0. The molecule has 0 aliphatic heterocycles. The molecule has 0 bridgehead atoms. The quantitative estimate of drug-likeness (QED) is 0.778. The Bertz CT molecular complexity index is 658. The predicted molar refractivity (Wildman–Crippen MR) is 91.9 cm³/mol. The summed E-state index contributed by atoms with van der Waals surface area (Å²) >= 11 is 0. The number of hydrogen-bond acceptors (Lipinski definition) is 1. The fraction of sp³-hybridized carbons (Fsp3) is 0.238. The average molecular weight is 290 g/mol. The van der Waals surface area contributed by atoms with Gasteiger partial charge >= 0.3 is 0 Å². The van der Waals surface area contributed by atoms with Crippen molar-refractivity contribution in [3.63, 3.8) is 0 Å². The van der Waals surface area contributed by atoms with Crippen LogP contribution >= 0.6 is 0 Å². The van der Waals surface area contributed by atoms with Crippen molar-refractivity contribution in [2.45, 2.75) is 26.2 Å². The number of benzene rings is 2. The van der Waals surface area contributed by atoms with Crippen LogP contribution in [0.3, 0.4) is 0 Å². The van der Waals surface area contributed by atoms with Crippen LogP contribution in [-0.4, -0.2) is 5.11 Å². The topological polar surface area (TPSA) is 20.2 Å². The highest BCUT2D eigenvalue weighted by atomic mass is 16.3. The zero-order chi connectivity index (χ0) is 15.6. The molecule has 0 heterocycles. The van der Waals surface area contributed by atoms with Crippen LogP contribution in [0.25, 0.3) is 0 Å². The van der Waals surface area contributed by atoms with Crippen molar-refractivity contribution in [3.05, 3.63) is 95.3 Å². The van der Waals surface area contributed by atoms with E-state index in [4.69, 9.17) is 0 Å². The minimum Gasteiger partial charge on any atom is -0.508 e. The van der Waals surface area contributed by atoms with Crippen LogP contribution in [0.5, 0.6) is 0 Å². The third-order valence-electron chi connectivity index (χ3n) is 4.63. The van der Waals surface area contributed by atoms with E-state index in [0.717, 1.165) is 12.0 Å². The first-order valence-electron chi connectivity index (χ1n) is 7.78. The van der Waals surface area contributed by atoms with Gasteiger partial charge in [0, 0.05) is 11.3 Å². The van der Waals surface area contributed by atoms with Gasteiger partial charge in [0.15, 0.2) is 0 Å². The average Bonchev–Trinajstić information content (AvgIpc) is 2.54. The highest BCUT2D eigenvalue weighted by molar-refractivity contribution is 5.40. The van der Waals surface area contributed by atoms with Gasteiger partial charge < -0.3 is 5.11 Å². The zero-order valence-electron chi connectivity index (χ0n) is 13.2. The van der Waals surface area contributed by atoms with Gasteiger partial charge in [-0.25, -0.2) is 0 Å². The second-order valence-electron chi connectivity index (χ2n) is 6.44. The molecule has 1 atom stereocenters. The Morgan fingerprint density at radius 2 is 1.41 bits per heavy atom. The standard InChI is InChI=1S/C21H22O/c1-16-15-21(2,14-13-19(16)22)20(17-9-5-3-6-10-17)18-11-7-4-8-12-18/h3-14,20,22H,15H2,1-2H3. The lowest BCUT2D eigenvalue weighted by molar-refractivity contribution is 0.337. The third kappa shape index (κ3) is 2.71. The van der Waals surface area contributed by atoms with Gasteiger partial charge in [-0.2, -0.15) is 0 Å². The van der Waals surface area contributed by atoms with E-state index in [1.807, 2.05) is 13.0 Å². The predicted octanol–water partition coefficient (Wildman–Crippen LogP) is 5.62. The molecule has 0 saturated heterocycles. The van der Waals surface area contributed by atoms with Crippen LogP contribution in [0.15, 0.2) is 84.1 Å². The van der Waals surface area contributed by atoms with Crippen molar-refractivity contribution < 1.29 is 5.11 Å². The molecular weight excluding hydrogens is 268 g/mol. The molecule has 1 N–H and O–H groups in total. The lowest BCUT2D eigenvalue weighted by Crippen LogP contribution is -2.27. The lowest BCUT2D eigenvalue weighted by Gasteiger charge is -2.38. The van der Waals surface area contributed by atoms with Crippen molar-refractivity contribution in [2.24, 2.45) is 5.41 Å². The molecule has 0 spiro atoms. The number of aliphatic hydroxyl groups excluding tert-OH is 1. The van der Waals surface area contributed by atoms with Crippen LogP contribution in [-0.2, 0) is 0 Å². The maximum atomic E-state index is 9.93. The molecule has 2 aromatic carbocycles. The number of hydrogen-bond donors (Lipinski definition) is 1. The number of rotatable bonds is 3. The van der Waals surface area contributed by atoms with Crippen molar-refractivity contribution >= 4 is 0 Å². The summed E-state index contributed by atoms with van der Waals surface area (Å²) in [4.78, 5) is 0. The van der Waals surface area contributed by atoms with E-state index in [0.29, 0.717) is 5.76 Å². The molecule has 1 unspecified atom stereocenters. The first kappa shape index (κ1) is 14.6. The summed E-state index contributed by atoms with van der Waals surface area (Å²) in [5, 5.41) is 9.93. The van der Waals surface area contributed by atoms with Gasteiger partial charge in [-0.05, 0) is 36.1 Å². The van der Waals surface area contributed by atoms with Gasteiger partial charge in [0.1, 0.15) is 5.76 Å². The first-order valence-corrected chi connectivity index (χ1v) is 7.78. The zero-order valence-corrected chi connectivity index (χ0v) is 13.2. The van der Waals surface area contributed by atoms with Crippen LogP contribution in [0.1, 0.15) is 37.3 Å². The van der Waals surface area contributed by atoms with Gasteiger partial charge in [-0.1, -0.05) is 73.7 Å². The van der Waals surface area contributed by atoms with E-state index >= 15 is 0 Å². The monoisotopic (exact) mass is 290 g/mol. The normalized spacial score (nSPS) is 21.4. The van der Waals surface area contributed by atoms with Crippen molar-refractivity contribution in [1.82, 2.24) is 0 Å². The van der Waals surface area contributed by atoms with Crippen LogP contribution in [0.2, 0.25) is 0 Å². The molecule has 0 aromatic heterocycles. The molecule has 3 rings (SSSR count). The molecule has 1 aliphatic rings. The third-order valence-corrected chi connectivity index (χ3v) is 4.63. The number of allylic oxidation sites excluding steroid dienone is 3. The van der Waals surface area contributed by atoms with Crippen molar-refractivity contribution in [1.29, 1.82) is 0 Å². The summed E-state index contributed by atoms with van der Waals surface area (Å²) in [6.45, 7) is 4.30. The molecule has 2 aromatic rings. The molecule has 0 amide bonds. The first-order chi connectivity index (χ1) is 10.6. The molecule has 1 nitrogen and oxygen atoms in total. The van der Waals surface area contributed by atoms with Gasteiger partial charge in [0.05, 0.1) is 0 Å². The Morgan fingerprint density at radius 3 is 1.86 bits per heavy atom. The van der Waals surface area contributed by atoms with Crippen molar-refractivity contribution in [3.8, 4) is 0 Å². The van der Waals surface area contributed by atoms with Crippen LogP contribution in [0.4, 0.5) is 0 Å². The maximum Gasteiger partial charge on any atom is 0.114 e. The highest BCUT2D eigenvalue weighted by Crippen LogP contribution is 2.48. The fourth-order valence-corrected chi connectivity index (χ4v) is 3.58. The fourth-order valence-electron chi connectivity index (χ4n) is 3.58. The lowest BCUT2D eigenvalue weighted by atomic mass is 9.65. The van der Waals surface area contributed by atoms with Gasteiger partial charge in [-0.15, -0.1) is 0 Å². The van der Waals surface area contributed by atoms with E-state index in [9.17, 15) is 5.11 Å². The molecular formula is C21H22O. The van der Waals surface area contributed by atoms with Crippen LogP contribution in [0, 0.1) is 5.41 Å². The van der Waals surface area contributed by atoms with Gasteiger partial charge in [0.25, 0.3) is 0 Å². The second kappa shape index (κ2) is 5.84. The molecule has 22 heavy (non-hydrogen) atoms.